The molecule has 0 radical (unpaired) electrons. The number of hydrogen-bond donors (Lipinski definition) is 1. The number of benzene rings is 2. The molecule has 1 N–H and O–H groups in total. The number of aromatic amines is 1. The minimum absolute atomic E-state index is 0.309. The van der Waals surface area contributed by atoms with Crippen molar-refractivity contribution in [3.63, 3.8) is 0 Å². The van der Waals surface area contributed by atoms with Gasteiger partial charge in [0.2, 0.25) is 5.82 Å². The van der Waals surface area contributed by atoms with Crippen molar-refractivity contribution in [2.45, 2.75) is 0 Å². The maximum absolute atomic E-state index is 13.0. The molecule has 3 heterocycles. The Morgan fingerprint density at radius 1 is 1.04 bits per heavy atom. The van der Waals surface area contributed by atoms with E-state index in [2.05, 4.69) is 25.4 Å². The Labute approximate surface area is 146 Å². The first-order valence-corrected chi connectivity index (χ1v) is 7.86. The van der Waals surface area contributed by atoms with Gasteiger partial charge in [0.05, 0.1) is 11.9 Å². The molecule has 0 saturated heterocycles. The summed E-state index contributed by atoms with van der Waals surface area (Å²) in [7, 11) is 0. The number of hydrogen-bond acceptors (Lipinski definition) is 5. The summed E-state index contributed by atoms with van der Waals surface area (Å²) in [6.07, 6.45) is 3.54. The van der Waals surface area contributed by atoms with Gasteiger partial charge in [0.15, 0.2) is 5.69 Å². The van der Waals surface area contributed by atoms with Crippen molar-refractivity contribution in [2.75, 3.05) is 0 Å². The maximum Gasteiger partial charge on any atom is 0.258 e. The third kappa shape index (κ3) is 2.44. The standard InChI is InChI=1S/C18H11FN6O/c19-13-3-5-14(6-4-13)25-10-16(22-24-25)17-21-18(26-23-17)12-2-1-11-7-8-20-15(11)9-12/h1-10,20H. The molecule has 0 atom stereocenters. The third-order valence-electron chi connectivity index (χ3n) is 4.04. The van der Waals surface area contributed by atoms with E-state index in [0.717, 1.165) is 16.5 Å². The molecule has 0 aliphatic carbocycles. The van der Waals surface area contributed by atoms with Gasteiger partial charge in [-0.05, 0) is 47.9 Å². The third-order valence-corrected chi connectivity index (χ3v) is 4.04. The molecule has 26 heavy (non-hydrogen) atoms. The van der Waals surface area contributed by atoms with E-state index in [1.165, 1.54) is 16.8 Å². The van der Waals surface area contributed by atoms with Crippen molar-refractivity contribution in [2.24, 2.45) is 0 Å². The Morgan fingerprint density at radius 3 is 2.81 bits per heavy atom. The van der Waals surface area contributed by atoms with E-state index in [-0.39, 0.29) is 5.82 Å². The van der Waals surface area contributed by atoms with Gasteiger partial charge < -0.3 is 9.51 Å². The second kappa shape index (κ2) is 5.62. The summed E-state index contributed by atoms with van der Waals surface area (Å²) >= 11 is 0. The summed E-state index contributed by atoms with van der Waals surface area (Å²) in [5, 5.41) is 13.2. The molecule has 126 valence electrons. The van der Waals surface area contributed by atoms with Crippen LogP contribution in [-0.4, -0.2) is 30.1 Å². The number of nitrogens with one attached hydrogen (secondary N) is 1. The first-order chi connectivity index (χ1) is 12.8. The fourth-order valence-corrected chi connectivity index (χ4v) is 2.71. The summed E-state index contributed by atoms with van der Waals surface area (Å²) in [6.45, 7) is 0. The van der Waals surface area contributed by atoms with Crippen LogP contribution in [-0.2, 0) is 0 Å². The lowest BCUT2D eigenvalue weighted by atomic mass is 10.1. The number of halogens is 1. The van der Waals surface area contributed by atoms with Gasteiger partial charge in [-0.1, -0.05) is 16.4 Å². The SMILES string of the molecule is Fc1ccc(-n2cc(-c3noc(-c4ccc5cc[nH]c5c4)n3)nn2)cc1. The summed E-state index contributed by atoms with van der Waals surface area (Å²) in [5.41, 5.74) is 2.95. The van der Waals surface area contributed by atoms with Gasteiger partial charge in [-0.15, -0.1) is 5.10 Å². The molecule has 8 heteroatoms. The molecule has 0 bridgehead atoms. The van der Waals surface area contributed by atoms with E-state index in [4.69, 9.17) is 4.52 Å². The minimum atomic E-state index is -0.309. The second-order valence-electron chi connectivity index (χ2n) is 5.73. The summed E-state index contributed by atoms with van der Waals surface area (Å²) in [6, 6.07) is 13.8. The fraction of sp³-hybridized carbons (Fsp3) is 0. The van der Waals surface area contributed by atoms with Crippen molar-refractivity contribution in [3.8, 4) is 28.7 Å². The summed E-state index contributed by atoms with van der Waals surface area (Å²) in [5.74, 6) is 0.420. The van der Waals surface area contributed by atoms with E-state index in [9.17, 15) is 4.39 Å². The van der Waals surface area contributed by atoms with Crippen molar-refractivity contribution in [1.82, 2.24) is 30.1 Å². The van der Waals surface area contributed by atoms with Crippen LogP contribution < -0.4 is 0 Å². The molecule has 3 aromatic heterocycles. The number of nitrogens with zero attached hydrogens (tertiary/aromatic N) is 5. The molecule has 7 nitrogen and oxygen atoms in total. The van der Waals surface area contributed by atoms with E-state index < -0.39 is 0 Å². The van der Waals surface area contributed by atoms with Crippen molar-refractivity contribution < 1.29 is 8.91 Å². The van der Waals surface area contributed by atoms with Crippen LogP contribution in [0.3, 0.4) is 0 Å². The smallest absolute Gasteiger partial charge is 0.258 e. The van der Waals surface area contributed by atoms with Crippen molar-refractivity contribution in [1.29, 1.82) is 0 Å². The minimum Gasteiger partial charge on any atom is -0.361 e. The van der Waals surface area contributed by atoms with Crippen LogP contribution in [0, 0.1) is 5.82 Å². The molecule has 5 rings (SSSR count). The largest absolute Gasteiger partial charge is 0.361 e. The van der Waals surface area contributed by atoms with Gasteiger partial charge in [0.25, 0.3) is 5.89 Å². The normalized spacial score (nSPS) is 11.3. The molecular formula is C18H11FN6O. The van der Waals surface area contributed by atoms with Crippen LogP contribution in [0.2, 0.25) is 0 Å². The maximum atomic E-state index is 13.0. The first kappa shape index (κ1) is 14.5. The Hall–Kier alpha value is -3.81. The van der Waals surface area contributed by atoms with Gasteiger partial charge in [0.1, 0.15) is 5.82 Å². The van der Waals surface area contributed by atoms with E-state index in [0.29, 0.717) is 23.1 Å². The Morgan fingerprint density at radius 2 is 1.92 bits per heavy atom. The van der Waals surface area contributed by atoms with Crippen molar-refractivity contribution in [3.05, 3.63) is 66.7 Å². The highest BCUT2D eigenvalue weighted by Crippen LogP contribution is 2.24. The van der Waals surface area contributed by atoms with Crippen LogP contribution >= 0.6 is 0 Å². The highest BCUT2D eigenvalue weighted by atomic mass is 19.1. The zero-order valence-electron chi connectivity index (χ0n) is 13.3. The molecule has 0 spiro atoms. The number of fused-ring (bicyclic) bond motifs is 1. The summed E-state index contributed by atoms with van der Waals surface area (Å²) < 4.78 is 19.9. The lowest BCUT2D eigenvalue weighted by Crippen LogP contribution is -1.94. The van der Waals surface area contributed by atoms with Gasteiger partial charge in [-0.2, -0.15) is 4.98 Å². The summed E-state index contributed by atoms with van der Waals surface area (Å²) in [4.78, 5) is 7.55. The topological polar surface area (TPSA) is 85.4 Å². The highest BCUT2D eigenvalue weighted by molar-refractivity contribution is 5.83. The quantitative estimate of drug-likeness (QED) is 0.539. The lowest BCUT2D eigenvalue weighted by molar-refractivity contribution is 0.432. The van der Waals surface area contributed by atoms with Crippen LogP contribution in [0.25, 0.3) is 39.6 Å². The predicted molar refractivity (Wildman–Crippen MR) is 91.9 cm³/mol. The monoisotopic (exact) mass is 346 g/mol. The molecule has 5 aromatic rings. The molecule has 0 aliphatic rings. The molecular weight excluding hydrogens is 335 g/mol. The second-order valence-corrected chi connectivity index (χ2v) is 5.73. The Kier molecular flexibility index (Phi) is 3.14. The molecule has 0 saturated carbocycles. The predicted octanol–water partition coefficient (Wildman–Crippen LogP) is 3.60. The van der Waals surface area contributed by atoms with Gasteiger partial charge in [0, 0.05) is 17.3 Å². The average molecular weight is 346 g/mol. The molecule has 0 aliphatic heterocycles. The average Bonchev–Trinajstić information content (AvgIpc) is 3.40. The zero-order chi connectivity index (χ0) is 17.5. The number of rotatable bonds is 3. The van der Waals surface area contributed by atoms with Crippen molar-refractivity contribution >= 4 is 10.9 Å². The zero-order valence-corrected chi connectivity index (χ0v) is 13.3. The van der Waals surface area contributed by atoms with E-state index >= 15 is 0 Å². The number of H-pyrrole nitrogens is 1. The van der Waals surface area contributed by atoms with Gasteiger partial charge in [-0.3, -0.25) is 0 Å². The van der Waals surface area contributed by atoms with Crippen LogP contribution in [0.15, 0.2) is 65.4 Å². The highest BCUT2D eigenvalue weighted by Gasteiger charge is 2.14. The van der Waals surface area contributed by atoms with E-state index in [1.807, 2.05) is 30.5 Å². The number of aromatic nitrogens is 6. The van der Waals surface area contributed by atoms with Crippen LogP contribution in [0.1, 0.15) is 0 Å². The molecule has 2 aromatic carbocycles. The fourth-order valence-electron chi connectivity index (χ4n) is 2.71. The Bertz CT molecular complexity index is 1200. The van der Waals surface area contributed by atoms with Crippen LogP contribution in [0.5, 0.6) is 0 Å². The van der Waals surface area contributed by atoms with Gasteiger partial charge in [-0.25, -0.2) is 9.07 Å². The first-order valence-electron chi connectivity index (χ1n) is 7.86. The van der Waals surface area contributed by atoms with Crippen LogP contribution in [0.4, 0.5) is 4.39 Å². The molecule has 0 fully saturated rings. The lowest BCUT2D eigenvalue weighted by Gasteiger charge is -1.97. The van der Waals surface area contributed by atoms with E-state index in [1.54, 1.807) is 18.3 Å². The molecule has 0 amide bonds. The van der Waals surface area contributed by atoms with Gasteiger partial charge >= 0.3 is 0 Å². The Balaban J connectivity index is 1.47. The molecule has 0 unspecified atom stereocenters.